The minimum atomic E-state index is 0.276. The molecule has 0 fully saturated rings. The molecule has 0 amide bonds. The number of hydrogen-bond donors (Lipinski definition) is 0. The lowest BCUT2D eigenvalue weighted by Gasteiger charge is -2.09. The summed E-state index contributed by atoms with van der Waals surface area (Å²) in [6.45, 7) is 2.85. The van der Waals surface area contributed by atoms with Crippen LogP contribution in [-0.2, 0) is 10.1 Å². The molecule has 14 heavy (non-hydrogen) atoms. The molecule has 1 aromatic carbocycles. The fraction of sp³-hybridized carbons (Fsp3) is 0.400. The van der Waals surface area contributed by atoms with Crippen LogP contribution in [0.25, 0.3) is 0 Å². The quantitative estimate of drug-likeness (QED) is 0.466. The molecule has 0 saturated carbocycles. The van der Waals surface area contributed by atoms with Crippen LogP contribution in [-0.4, -0.2) is 13.4 Å². The topological polar surface area (TPSA) is 18.5 Å². The van der Waals surface area contributed by atoms with Gasteiger partial charge < -0.3 is 9.47 Å². The van der Waals surface area contributed by atoms with Crippen molar-refractivity contribution in [3.05, 3.63) is 28.8 Å². The Morgan fingerprint density at radius 3 is 2.86 bits per heavy atom. The minimum absolute atomic E-state index is 0.276. The minimum Gasteiger partial charge on any atom is -0.467 e. The van der Waals surface area contributed by atoms with Crippen molar-refractivity contribution in [1.82, 2.24) is 0 Å². The SMILES string of the molecule is CCOCOc1ccc(Cl)cc1CBr. The highest BCUT2D eigenvalue weighted by Crippen LogP contribution is 2.24. The van der Waals surface area contributed by atoms with Crippen LogP contribution in [0.2, 0.25) is 5.02 Å². The van der Waals surface area contributed by atoms with E-state index in [9.17, 15) is 0 Å². The van der Waals surface area contributed by atoms with Gasteiger partial charge in [0.05, 0.1) is 0 Å². The van der Waals surface area contributed by atoms with E-state index in [1.54, 1.807) is 6.07 Å². The number of hydrogen-bond acceptors (Lipinski definition) is 2. The Morgan fingerprint density at radius 2 is 2.21 bits per heavy atom. The van der Waals surface area contributed by atoms with Gasteiger partial charge in [-0.25, -0.2) is 0 Å². The molecule has 0 aromatic heterocycles. The molecule has 0 N–H and O–H groups in total. The molecule has 0 radical (unpaired) electrons. The normalized spacial score (nSPS) is 10.2. The highest BCUT2D eigenvalue weighted by molar-refractivity contribution is 9.08. The van der Waals surface area contributed by atoms with E-state index in [1.165, 1.54) is 0 Å². The van der Waals surface area contributed by atoms with Gasteiger partial charge in [-0.15, -0.1) is 0 Å². The predicted molar refractivity (Wildman–Crippen MR) is 61.2 cm³/mol. The summed E-state index contributed by atoms with van der Waals surface area (Å²) in [7, 11) is 0. The lowest BCUT2D eigenvalue weighted by atomic mass is 10.2. The summed E-state index contributed by atoms with van der Waals surface area (Å²) < 4.78 is 10.5. The molecular formula is C10H12BrClO2. The Bertz CT molecular complexity index is 291. The second kappa shape index (κ2) is 6.27. The first-order valence-corrected chi connectivity index (χ1v) is 5.82. The van der Waals surface area contributed by atoms with Crippen LogP contribution in [0.1, 0.15) is 12.5 Å². The second-order valence-electron chi connectivity index (χ2n) is 2.64. The average molecular weight is 280 g/mol. The molecule has 0 bridgehead atoms. The van der Waals surface area contributed by atoms with Crippen molar-refractivity contribution in [2.75, 3.05) is 13.4 Å². The Morgan fingerprint density at radius 1 is 1.43 bits per heavy atom. The van der Waals surface area contributed by atoms with Gasteiger partial charge in [-0.2, -0.15) is 0 Å². The van der Waals surface area contributed by atoms with Gasteiger partial charge in [-0.05, 0) is 25.1 Å². The van der Waals surface area contributed by atoms with Gasteiger partial charge in [-0.3, -0.25) is 0 Å². The van der Waals surface area contributed by atoms with Crippen molar-refractivity contribution in [2.45, 2.75) is 12.3 Å². The second-order valence-corrected chi connectivity index (χ2v) is 3.64. The highest BCUT2D eigenvalue weighted by Gasteiger charge is 2.02. The van der Waals surface area contributed by atoms with E-state index in [4.69, 9.17) is 21.1 Å². The summed E-state index contributed by atoms with van der Waals surface area (Å²) in [5.41, 5.74) is 1.03. The Hall–Kier alpha value is -0.250. The van der Waals surface area contributed by atoms with E-state index in [0.29, 0.717) is 11.6 Å². The zero-order chi connectivity index (χ0) is 10.4. The van der Waals surface area contributed by atoms with Crippen LogP contribution < -0.4 is 4.74 Å². The van der Waals surface area contributed by atoms with Crippen LogP contribution in [0.4, 0.5) is 0 Å². The Balaban J connectivity index is 2.65. The Kier molecular flexibility index (Phi) is 5.30. The molecule has 0 unspecified atom stereocenters. The molecule has 0 aliphatic heterocycles. The first kappa shape index (κ1) is 11.8. The molecular weight excluding hydrogens is 267 g/mol. The predicted octanol–water partition coefficient (Wildman–Crippen LogP) is 3.61. The molecule has 0 heterocycles. The maximum absolute atomic E-state index is 5.85. The van der Waals surface area contributed by atoms with Crippen LogP contribution in [0.3, 0.4) is 0 Å². The zero-order valence-electron chi connectivity index (χ0n) is 7.93. The third-order valence-electron chi connectivity index (χ3n) is 1.67. The standard InChI is InChI=1S/C10H12BrClO2/c1-2-13-7-14-10-4-3-9(12)5-8(10)6-11/h3-5H,2,6-7H2,1H3. The Labute approximate surface area is 97.3 Å². The molecule has 0 aliphatic rings. The van der Waals surface area contributed by atoms with Crippen molar-refractivity contribution >= 4 is 27.5 Å². The van der Waals surface area contributed by atoms with E-state index >= 15 is 0 Å². The summed E-state index contributed by atoms with van der Waals surface area (Å²) in [5.74, 6) is 0.805. The van der Waals surface area contributed by atoms with Crippen molar-refractivity contribution in [3.63, 3.8) is 0 Å². The van der Waals surface area contributed by atoms with E-state index in [-0.39, 0.29) is 6.79 Å². The van der Waals surface area contributed by atoms with Crippen molar-refractivity contribution in [1.29, 1.82) is 0 Å². The van der Waals surface area contributed by atoms with Crippen LogP contribution in [0.5, 0.6) is 5.75 Å². The fourth-order valence-corrected chi connectivity index (χ4v) is 1.61. The molecule has 4 heteroatoms. The lowest BCUT2D eigenvalue weighted by Crippen LogP contribution is -2.03. The summed E-state index contributed by atoms with van der Waals surface area (Å²) in [4.78, 5) is 0. The summed E-state index contributed by atoms with van der Waals surface area (Å²) >= 11 is 9.22. The number of rotatable bonds is 5. The van der Waals surface area contributed by atoms with Gasteiger partial charge in [0.2, 0.25) is 0 Å². The van der Waals surface area contributed by atoms with Gasteiger partial charge >= 0.3 is 0 Å². The number of halogens is 2. The third kappa shape index (κ3) is 3.48. The van der Waals surface area contributed by atoms with Gasteiger partial charge in [-0.1, -0.05) is 27.5 Å². The number of ether oxygens (including phenoxy) is 2. The first-order valence-electron chi connectivity index (χ1n) is 4.33. The average Bonchev–Trinajstić information content (AvgIpc) is 2.20. The maximum Gasteiger partial charge on any atom is 0.189 e. The lowest BCUT2D eigenvalue weighted by molar-refractivity contribution is 0.0220. The molecule has 1 rings (SSSR count). The van der Waals surface area contributed by atoms with Crippen molar-refractivity contribution < 1.29 is 9.47 Å². The third-order valence-corrected chi connectivity index (χ3v) is 2.51. The zero-order valence-corrected chi connectivity index (χ0v) is 10.3. The summed E-state index contributed by atoms with van der Waals surface area (Å²) in [5, 5.41) is 1.43. The molecule has 1 aromatic rings. The molecule has 78 valence electrons. The fourth-order valence-electron chi connectivity index (χ4n) is 0.982. The van der Waals surface area contributed by atoms with Gasteiger partial charge in [0.1, 0.15) is 5.75 Å². The summed E-state index contributed by atoms with van der Waals surface area (Å²) in [6.07, 6.45) is 0. The molecule has 0 atom stereocenters. The molecule has 0 aliphatic carbocycles. The number of benzene rings is 1. The maximum atomic E-state index is 5.85. The van der Waals surface area contributed by atoms with Gasteiger partial charge in [0.25, 0.3) is 0 Å². The molecule has 0 saturated heterocycles. The van der Waals surface area contributed by atoms with Crippen molar-refractivity contribution in [2.24, 2.45) is 0 Å². The van der Waals surface area contributed by atoms with Crippen LogP contribution in [0.15, 0.2) is 18.2 Å². The highest BCUT2D eigenvalue weighted by atomic mass is 79.9. The number of alkyl halides is 1. The van der Waals surface area contributed by atoms with Crippen LogP contribution >= 0.6 is 27.5 Å². The molecule has 2 nitrogen and oxygen atoms in total. The first-order chi connectivity index (χ1) is 6.77. The van der Waals surface area contributed by atoms with E-state index in [0.717, 1.165) is 16.6 Å². The smallest absolute Gasteiger partial charge is 0.189 e. The van der Waals surface area contributed by atoms with Crippen LogP contribution in [0, 0.1) is 0 Å². The van der Waals surface area contributed by atoms with E-state index < -0.39 is 0 Å². The van der Waals surface area contributed by atoms with E-state index in [2.05, 4.69) is 15.9 Å². The van der Waals surface area contributed by atoms with Crippen molar-refractivity contribution in [3.8, 4) is 5.75 Å². The van der Waals surface area contributed by atoms with Gasteiger partial charge in [0, 0.05) is 22.5 Å². The summed E-state index contributed by atoms with van der Waals surface area (Å²) in [6, 6.07) is 5.52. The monoisotopic (exact) mass is 278 g/mol. The molecule has 0 spiro atoms. The van der Waals surface area contributed by atoms with E-state index in [1.807, 2.05) is 19.1 Å². The largest absolute Gasteiger partial charge is 0.467 e. The van der Waals surface area contributed by atoms with Gasteiger partial charge in [0.15, 0.2) is 6.79 Å².